The molecule has 9 heteroatoms. The van der Waals surface area contributed by atoms with Crippen LogP contribution in [0.2, 0.25) is 36.3 Å². The number of carbonyl (C=O) groups is 2. The zero-order valence-electron chi connectivity index (χ0n) is 19.8. The Bertz CT molecular complexity index is 551. The Morgan fingerprint density at radius 2 is 1.10 bits per heavy atom. The van der Waals surface area contributed by atoms with Crippen LogP contribution in [0.5, 0.6) is 0 Å². The van der Waals surface area contributed by atoms with Crippen LogP contribution < -0.4 is 0 Å². The molecule has 0 amide bonds. The van der Waals surface area contributed by atoms with Gasteiger partial charge in [-0.1, -0.05) is 41.5 Å². The molecule has 1 saturated carbocycles. The van der Waals surface area contributed by atoms with Gasteiger partial charge >= 0.3 is 11.9 Å². The maximum absolute atomic E-state index is 13.0. The van der Waals surface area contributed by atoms with E-state index in [1.807, 2.05) is 67.7 Å². The van der Waals surface area contributed by atoms with E-state index in [1.165, 1.54) is 0 Å². The van der Waals surface area contributed by atoms with E-state index in [0.717, 1.165) is 0 Å². The molecule has 0 atom stereocenters. The summed E-state index contributed by atoms with van der Waals surface area (Å²) in [7, 11) is -4.71. The van der Waals surface area contributed by atoms with Crippen molar-refractivity contribution in [1.29, 1.82) is 0 Å². The van der Waals surface area contributed by atoms with Gasteiger partial charge in [0.25, 0.3) is 16.6 Å². The highest BCUT2D eigenvalue weighted by atomic mass is 28.4. The van der Waals surface area contributed by atoms with Crippen LogP contribution >= 0.6 is 0 Å². The van der Waals surface area contributed by atoms with Crippen molar-refractivity contribution in [3.8, 4) is 0 Å². The van der Waals surface area contributed by atoms with Gasteiger partial charge in [0.05, 0.1) is 6.10 Å². The summed E-state index contributed by atoms with van der Waals surface area (Å²) in [6.07, 6.45) is 0.335. The summed E-state index contributed by atoms with van der Waals surface area (Å²) in [5.41, 5.74) is -1.52. The minimum Gasteiger partial charge on any atom is -0.393 e. The molecule has 0 radical (unpaired) electrons. The number of hydrogen-bond acceptors (Lipinski definition) is 7. The molecule has 0 heterocycles. The van der Waals surface area contributed by atoms with E-state index >= 15 is 0 Å². The Morgan fingerprint density at radius 3 is 1.38 bits per heavy atom. The molecule has 1 aliphatic carbocycles. The predicted octanol–water partition coefficient (Wildman–Crippen LogP) is 4.87. The smallest absolute Gasteiger partial charge is 0.358 e. The van der Waals surface area contributed by atoms with Crippen molar-refractivity contribution in [3.05, 3.63) is 0 Å². The van der Waals surface area contributed by atoms with Gasteiger partial charge in [-0.3, -0.25) is 0 Å². The molecule has 1 aliphatic rings. The molecule has 7 nitrogen and oxygen atoms in total. The van der Waals surface area contributed by atoms with Gasteiger partial charge in [-0.15, -0.1) is 0 Å². The van der Waals surface area contributed by atoms with Gasteiger partial charge in [0.2, 0.25) is 0 Å². The van der Waals surface area contributed by atoms with Crippen LogP contribution in [0.4, 0.5) is 0 Å². The first-order valence-electron chi connectivity index (χ1n) is 10.3. The molecule has 1 fully saturated rings. The van der Waals surface area contributed by atoms with Crippen LogP contribution in [-0.4, -0.2) is 39.8 Å². The van der Waals surface area contributed by atoms with Crippen molar-refractivity contribution in [2.24, 2.45) is 5.41 Å². The molecule has 29 heavy (non-hydrogen) atoms. The van der Waals surface area contributed by atoms with Crippen molar-refractivity contribution in [2.75, 3.05) is 0 Å². The van der Waals surface area contributed by atoms with E-state index in [-0.39, 0.29) is 22.9 Å². The second kappa shape index (κ2) is 8.78. The predicted molar refractivity (Wildman–Crippen MR) is 116 cm³/mol. The first kappa shape index (κ1) is 26.3. The maximum Gasteiger partial charge on any atom is 0.358 e. The monoisotopic (exact) mass is 448 g/mol. The van der Waals surface area contributed by atoms with Crippen molar-refractivity contribution >= 4 is 28.6 Å². The van der Waals surface area contributed by atoms with Crippen LogP contribution in [0.3, 0.4) is 0 Å². The van der Waals surface area contributed by atoms with E-state index in [0.29, 0.717) is 12.8 Å². The van der Waals surface area contributed by atoms with Gasteiger partial charge < -0.3 is 14.9 Å². The number of hydrogen-bond donors (Lipinski definition) is 1. The molecule has 0 unspecified atom stereocenters. The fourth-order valence-corrected chi connectivity index (χ4v) is 3.35. The lowest BCUT2D eigenvalue weighted by atomic mass is 9.73. The molecule has 1 rings (SSSR count). The number of aliphatic hydroxyl groups excluding tert-OH is 1. The van der Waals surface area contributed by atoms with Crippen molar-refractivity contribution in [2.45, 2.75) is 110 Å². The summed E-state index contributed by atoms with van der Waals surface area (Å²) in [5, 5.41) is 9.57. The average molecular weight is 449 g/mol. The zero-order valence-corrected chi connectivity index (χ0v) is 21.8. The molecular formula is C20H40O7Si2. The van der Waals surface area contributed by atoms with E-state index < -0.39 is 40.1 Å². The van der Waals surface area contributed by atoms with Gasteiger partial charge in [0, 0.05) is 0 Å². The molecule has 0 bridgehead atoms. The van der Waals surface area contributed by atoms with E-state index in [9.17, 15) is 14.7 Å². The first-order chi connectivity index (χ1) is 12.9. The maximum atomic E-state index is 13.0. The van der Waals surface area contributed by atoms with Gasteiger partial charge in [0.1, 0.15) is 0 Å². The molecule has 0 aromatic carbocycles. The molecule has 1 N–H and O–H groups in total. The fraction of sp³-hybridized carbons (Fsp3) is 0.900. The highest BCUT2D eigenvalue weighted by molar-refractivity contribution is 6.74. The zero-order chi connectivity index (χ0) is 22.9. The van der Waals surface area contributed by atoms with Crippen LogP contribution in [0, 0.1) is 5.41 Å². The quantitative estimate of drug-likeness (QED) is 0.268. The summed E-state index contributed by atoms with van der Waals surface area (Å²) in [6.45, 7) is 20.0. The molecular weight excluding hydrogens is 408 g/mol. The van der Waals surface area contributed by atoms with Crippen LogP contribution in [0.1, 0.15) is 67.2 Å². The SMILES string of the molecule is CC(C)(C)[Si](C)(C)OOC(=O)C1(C(=O)OO[Si](C)(C)C(C)(C)C)CCC(O)CC1. The molecule has 0 aliphatic heterocycles. The van der Waals surface area contributed by atoms with Crippen LogP contribution in [0.25, 0.3) is 0 Å². The van der Waals surface area contributed by atoms with Gasteiger partial charge in [-0.05, 0) is 61.9 Å². The fourth-order valence-electron chi connectivity index (χ4n) is 2.28. The van der Waals surface area contributed by atoms with Crippen molar-refractivity contribution in [1.82, 2.24) is 0 Å². The van der Waals surface area contributed by atoms with Crippen LogP contribution in [-0.2, 0) is 28.5 Å². The van der Waals surface area contributed by atoms with Crippen molar-refractivity contribution < 1.29 is 33.6 Å². The minimum absolute atomic E-state index is 0.132. The molecule has 0 saturated heterocycles. The summed E-state index contributed by atoms with van der Waals surface area (Å²) < 4.78 is 11.2. The average Bonchev–Trinajstić information content (AvgIpc) is 2.56. The number of rotatable bonds is 6. The first-order valence-corrected chi connectivity index (χ1v) is 16.2. The highest BCUT2D eigenvalue weighted by Crippen LogP contribution is 2.42. The van der Waals surface area contributed by atoms with E-state index in [1.54, 1.807) is 0 Å². The minimum atomic E-state index is -2.35. The Balaban J connectivity index is 2.98. The third-order valence-corrected chi connectivity index (χ3v) is 15.1. The molecule has 0 aromatic rings. The lowest BCUT2D eigenvalue weighted by molar-refractivity contribution is -0.255. The number of aliphatic hydroxyl groups is 1. The van der Waals surface area contributed by atoms with Crippen molar-refractivity contribution in [3.63, 3.8) is 0 Å². The lowest BCUT2D eigenvalue weighted by Gasteiger charge is -2.38. The Kier molecular flexibility index (Phi) is 7.96. The lowest BCUT2D eigenvalue weighted by Crippen LogP contribution is -2.49. The van der Waals surface area contributed by atoms with E-state index in [4.69, 9.17) is 18.9 Å². The van der Waals surface area contributed by atoms with E-state index in [2.05, 4.69) is 0 Å². The standard InChI is InChI=1S/C20H40O7Si2/c1-18(2,3)28(7,8)26-24-16(22)20(13-11-15(21)12-14-20)17(23)25-27-29(9,10)19(4,5)6/h15,21H,11-14H2,1-10H3. The third-order valence-electron chi connectivity index (χ3n) is 6.85. The number of carbonyl (C=O) groups excluding carboxylic acids is 2. The summed E-state index contributed by atoms with van der Waals surface area (Å²) in [5.74, 6) is -1.53. The Morgan fingerprint density at radius 1 is 0.793 bits per heavy atom. The topological polar surface area (TPSA) is 91.3 Å². The summed E-state index contributed by atoms with van der Waals surface area (Å²) in [4.78, 5) is 36.5. The highest BCUT2D eigenvalue weighted by Gasteiger charge is 2.54. The second-order valence-corrected chi connectivity index (χ2v) is 20.6. The molecule has 0 aromatic heterocycles. The van der Waals surface area contributed by atoms with Gasteiger partial charge in [0.15, 0.2) is 5.41 Å². The normalized spacial score (nSPS) is 19.0. The third kappa shape index (κ3) is 6.13. The summed E-state index contributed by atoms with van der Waals surface area (Å²) >= 11 is 0. The second-order valence-electron chi connectivity index (χ2n) is 11.2. The van der Waals surface area contributed by atoms with Gasteiger partial charge in [-0.25, -0.2) is 18.7 Å². The van der Waals surface area contributed by atoms with Gasteiger partial charge in [-0.2, -0.15) is 0 Å². The Labute approximate surface area is 177 Å². The molecule has 0 spiro atoms. The molecule has 170 valence electrons. The Hall–Kier alpha value is -0.746. The summed E-state index contributed by atoms with van der Waals surface area (Å²) in [6, 6.07) is 0. The van der Waals surface area contributed by atoms with Crippen LogP contribution in [0.15, 0.2) is 0 Å². The largest absolute Gasteiger partial charge is 0.393 e.